The van der Waals surface area contributed by atoms with Crippen molar-refractivity contribution >= 4 is 17.7 Å². The van der Waals surface area contributed by atoms with Gasteiger partial charge in [-0.2, -0.15) is 0 Å². The molecule has 0 bridgehead atoms. The third-order valence-electron chi connectivity index (χ3n) is 2.36. The highest BCUT2D eigenvalue weighted by Crippen LogP contribution is 2.14. The zero-order chi connectivity index (χ0) is 15.2. The molecule has 1 unspecified atom stereocenters. The van der Waals surface area contributed by atoms with Crippen LogP contribution in [0.1, 0.15) is 54.4 Å². The summed E-state index contributed by atoms with van der Waals surface area (Å²) in [6.45, 7) is 10.4. The van der Waals surface area contributed by atoms with Crippen molar-refractivity contribution < 1.29 is 19.1 Å². The molecule has 19 heavy (non-hydrogen) atoms. The normalized spacial score (nSPS) is 13.0. The molecule has 1 amide bonds. The first-order valence-electron chi connectivity index (χ1n) is 6.63. The van der Waals surface area contributed by atoms with Gasteiger partial charge in [0.05, 0.1) is 6.10 Å². The number of hydrogen-bond acceptors (Lipinski definition) is 4. The molecular formula is C14H25NO4. The molecule has 0 radical (unpaired) electrons. The van der Waals surface area contributed by atoms with Crippen LogP contribution in [0, 0.1) is 5.41 Å². The molecule has 0 saturated carbocycles. The van der Waals surface area contributed by atoms with Crippen molar-refractivity contribution in [3.05, 3.63) is 0 Å². The maximum atomic E-state index is 11.9. The van der Waals surface area contributed by atoms with Crippen LogP contribution in [-0.4, -0.2) is 29.8 Å². The van der Waals surface area contributed by atoms with Crippen LogP contribution in [0.15, 0.2) is 0 Å². The number of amides is 1. The molecule has 0 aromatic rings. The van der Waals surface area contributed by atoms with Crippen molar-refractivity contribution in [2.45, 2.75) is 66.5 Å². The third-order valence-corrected chi connectivity index (χ3v) is 2.36. The fraction of sp³-hybridized carbons (Fsp3) is 0.786. The second-order valence-electron chi connectivity index (χ2n) is 5.86. The molecule has 0 saturated heterocycles. The predicted molar refractivity (Wildman–Crippen MR) is 72.5 cm³/mol. The Labute approximate surface area is 115 Å². The Morgan fingerprint density at radius 3 is 2.05 bits per heavy atom. The highest BCUT2D eigenvalue weighted by Gasteiger charge is 2.33. The Balaban J connectivity index is 4.92. The standard InChI is InChI=1S/C14H25NO4/c1-7-8-10(16)11(12(17)19-9(2)3)15-13(18)14(4,5)6/h9,11H,7-8H2,1-6H3,(H,15,18). The highest BCUT2D eigenvalue weighted by molar-refractivity contribution is 6.06. The Morgan fingerprint density at radius 1 is 1.16 bits per heavy atom. The number of Topliss-reactive ketones (excluding diaryl/α,β-unsaturated/α-hetero) is 1. The molecule has 110 valence electrons. The Hall–Kier alpha value is -1.39. The monoisotopic (exact) mass is 271 g/mol. The van der Waals surface area contributed by atoms with Gasteiger partial charge in [-0.25, -0.2) is 4.79 Å². The van der Waals surface area contributed by atoms with Crippen LogP contribution in [-0.2, 0) is 19.1 Å². The van der Waals surface area contributed by atoms with E-state index in [1.165, 1.54) is 0 Å². The molecule has 1 atom stereocenters. The molecule has 1 N–H and O–H groups in total. The summed E-state index contributed by atoms with van der Waals surface area (Å²) in [5.74, 6) is -1.35. The van der Waals surface area contributed by atoms with E-state index in [1.54, 1.807) is 34.6 Å². The molecule has 0 aliphatic heterocycles. The van der Waals surface area contributed by atoms with E-state index in [0.29, 0.717) is 6.42 Å². The minimum absolute atomic E-state index is 0.238. The van der Waals surface area contributed by atoms with Crippen molar-refractivity contribution in [3.63, 3.8) is 0 Å². The molecule has 0 fully saturated rings. The Kier molecular flexibility index (Phi) is 6.73. The molecule has 0 heterocycles. The molecule has 5 nitrogen and oxygen atoms in total. The van der Waals surface area contributed by atoms with Crippen LogP contribution in [0.3, 0.4) is 0 Å². The largest absolute Gasteiger partial charge is 0.461 e. The number of rotatable bonds is 6. The first-order valence-corrected chi connectivity index (χ1v) is 6.63. The van der Waals surface area contributed by atoms with Crippen LogP contribution in [0.4, 0.5) is 0 Å². The van der Waals surface area contributed by atoms with Crippen molar-refractivity contribution in [2.24, 2.45) is 5.41 Å². The van der Waals surface area contributed by atoms with Crippen LogP contribution >= 0.6 is 0 Å². The number of ether oxygens (including phenoxy) is 1. The summed E-state index contributed by atoms with van der Waals surface area (Å²) in [5, 5.41) is 2.48. The number of hydrogen-bond donors (Lipinski definition) is 1. The molecule has 0 aliphatic carbocycles. The van der Waals surface area contributed by atoms with E-state index in [4.69, 9.17) is 4.74 Å². The van der Waals surface area contributed by atoms with Crippen LogP contribution in [0.5, 0.6) is 0 Å². The van der Waals surface area contributed by atoms with Crippen molar-refractivity contribution in [1.29, 1.82) is 0 Å². The minimum Gasteiger partial charge on any atom is -0.461 e. The van der Waals surface area contributed by atoms with Crippen LogP contribution in [0.2, 0.25) is 0 Å². The molecule has 0 aromatic heterocycles. The average molecular weight is 271 g/mol. The summed E-state index contributed by atoms with van der Waals surface area (Å²) in [7, 11) is 0. The van der Waals surface area contributed by atoms with Gasteiger partial charge in [-0.1, -0.05) is 27.7 Å². The van der Waals surface area contributed by atoms with Gasteiger partial charge in [-0.3, -0.25) is 9.59 Å². The summed E-state index contributed by atoms with van der Waals surface area (Å²) in [4.78, 5) is 35.7. The van der Waals surface area contributed by atoms with E-state index in [0.717, 1.165) is 0 Å². The quantitative estimate of drug-likeness (QED) is 0.591. The summed E-state index contributed by atoms with van der Waals surface area (Å²) in [6, 6.07) is -1.20. The molecule has 5 heteroatoms. The number of ketones is 1. The summed E-state index contributed by atoms with van der Waals surface area (Å²) in [5.41, 5.74) is -0.664. The number of nitrogens with one attached hydrogen (secondary N) is 1. The molecule has 0 rings (SSSR count). The van der Waals surface area contributed by atoms with Gasteiger partial charge in [0.1, 0.15) is 0 Å². The van der Waals surface area contributed by atoms with Crippen molar-refractivity contribution in [2.75, 3.05) is 0 Å². The first-order chi connectivity index (χ1) is 8.59. The zero-order valence-electron chi connectivity index (χ0n) is 12.7. The first kappa shape index (κ1) is 17.6. The van der Waals surface area contributed by atoms with Gasteiger partial charge in [0.2, 0.25) is 5.91 Å². The lowest BCUT2D eigenvalue weighted by atomic mass is 9.94. The van der Waals surface area contributed by atoms with Gasteiger partial charge >= 0.3 is 5.97 Å². The topological polar surface area (TPSA) is 72.5 Å². The smallest absolute Gasteiger partial charge is 0.336 e. The average Bonchev–Trinajstić information content (AvgIpc) is 2.22. The van der Waals surface area contributed by atoms with E-state index in [2.05, 4.69) is 5.32 Å². The number of esters is 1. The van der Waals surface area contributed by atoms with E-state index in [9.17, 15) is 14.4 Å². The summed E-state index contributed by atoms with van der Waals surface area (Å²) < 4.78 is 5.02. The SMILES string of the molecule is CCCC(=O)C(NC(=O)C(C)(C)C)C(=O)OC(C)C. The molecule has 0 aliphatic rings. The summed E-state index contributed by atoms with van der Waals surface area (Å²) in [6.07, 6.45) is 0.536. The van der Waals surface area contributed by atoms with Gasteiger partial charge in [0, 0.05) is 11.8 Å². The lowest BCUT2D eigenvalue weighted by molar-refractivity contribution is -0.155. The second kappa shape index (κ2) is 7.26. The van der Waals surface area contributed by atoms with E-state index < -0.39 is 17.4 Å². The lowest BCUT2D eigenvalue weighted by Crippen LogP contribution is -2.51. The fourth-order valence-electron chi connectivity index (χ4n) is 1.31. The van der Waals surface area contributed by atoms with E-state index in [1.807, 2.05) is 6.92 Å². The Bertz CT molecular complexity index is 342. The van der Waals surface area contributed by atoms with E-state index >= 15 is 0 Å². The van der Waals surface area contributed by atoms with Gasteiger partial charge in [-0.15, -0.1) is 0 Å². The van der Waals surface area contributed by atoms with E-state index in [-0.39, 0.29) is 24.2 Å². The fourth-order valence-corrected chi connectivity index (χ4v) is 1.31. The minimum atomic E-state index is -1.20. The number of carbonyl (C=O) groups excluding carboxylic acids is 3. The maximum Gasteiger partial charge on any atom is 0.336 e. The van der Waals surface area contributed by atoms with Gasteiger partial charge in [-0.05, 0) is 20.3 Å². The van der Waals surface area contributed by atoms with Crippen molar-refractivity contribution in [3.8, 4) is 0 Å². The van der Waals surface area contributed by atoms with Crippen LogP contribution < -0.4 is 5.32 Å². The second-order valence-corrected chi connectivity index (χ2v) is 5.86. The Morgan fingerprint density at radius 2 is 1.68 bits per heavy atom. The van der Waals surface area contributed by atoms with Gasteiger partial charge in [0.25, 0.3) is 0 Å². The molecular weight excluding hydrogens is 246 g/mol. The van der Waals surface area contributed by atoms with Crippen molar-refractivity contribution in [1.82, 2.24) is 5.32 Å². The third kappa shape index (κ3) is 6.36. The maximum absolute atomic E-state index is 11.9. The highest BCUT2D eigenvalue weighted by atomic mass is 16.5. The molecule has 0 aromatic carbocycles. The van der Waals surface area contributed by atoms with Crippen LogP contribution in [0.25, 0.3) is 0 Å². The lowest BCUT2D eigenvalue weighted by Gasteiger charge is -2.23. The van der Waals surface area contributed by atoms with Gasteiger partial charge < -0.3 is 10.1 Å². The zero-order valence-corrected chi connectivity index (χ0v) is 12.7. The van der Waals surface area contributed by atoms with Gasteiger partial charge in [0.15, 0.2) is 11.8 Å². The molecule has 0 spiro atoms. The predicted octanol–water partition coefficient (Wildman–Crippen LogP) is 1.84. The summed E-state index contributed by atoms with van der Waals surface area (Å²) >= 11 is 0. The number of carbonyl (C=O) groups is 3.